The van der Waals surface area contributed by atoms with Gasteiger partial charge in [-0.15, -0.1) is 0 Å². The molecule has 1 aliphatic carbocycles. The number of carboxylic acids is 1. The molecule has 0 radical (unpaired) electrons. The van der Waals surface area contributed by atoms with Crippen molar-refractivity contribution in [1.82, 2.24) is 9.55 Å². The van der Waals surface area contributed by atoms with Gasteiger partial charge in [-0.1, -0.05) is 18.6 Å². The highest BCUT2D eigenvalue weighted by atomic mass is 16.4. The molecule has 3 rings (SSSR count). The van der Waals surface area contributed by atoms with E-state index in [1.165, 1.54) is 11.0 Å². The van der Waals surface area contributed by atoms with E-state index < -0.39 is 5.97 Å². The van der Waals surface area contributed by atoms with E-state index in [9.17, 15) is 9.59 Å². The zero-order valence-corrected chi connectivity index (χ0v) is 11.5. The van der Waals surface area contributed by atoms with E-state index in [2.05, 4.69) is 4.98 Å². The maximum absolute atomic E-state index is 12.1. The highest BCUT2D eigenvalue weighted by molar-refractivity contribution is 5.87. The molecular weight excluding hydrogens is 268 g/mol. The van der Waals surface area contributed by atoms with Crippen LogP contribution in [0, 0.1) is 0 Å². The molecule has 1 aromatic carbocycles. The van der Waals surface area contributed by atoms with Gasteiger partial charge in [0.25, 0.3) is 5.56 Å². The van der Waals surface area contributed by atoms with Crippen molar-refractivity contribution < 1.29 is 9.90 Å². The van der Waals surface area contributed by atoms with Crippen LogP contribution < -0.4 is 5.56 Å². The lowest BCUT2D eigenvalue weighted by atomic mass is 9.83. The summed E-state index contributed by atoms with van der Waals surface area (Å²) in [6.45, 7) is 0.399. The quantitative estimate of drug-likeness (QED) is 0.934. The van der Waals surface area contributed by atoms with E-state index >= 15 is 0 Å². The highest BCUT2D eigenvalue weighted by Crippen LogP contribution is 2.34. The Morgan fingerprint density at radius 3 is 2.52 bits per heavy atom. The Hall–Kier alpha value is -2.43. The van der Waals surface area contributed by atoms with E-state index in [4.69, 9.17) is 5.11 Å². The summed E-state index contributed by atoms with van der Waals surface area (Å²) < 4.78 is 1.54. The van der Waals surface area contributed by atoms with Crippen LogP contribution in [0.1, 0.15) is 46.8 Å². The van der Waals surface area contributed by atoms with Crippen molar-refractivity contribution >= 4 is 5.97 Å². The molecule has 0 spiro atoms. The summed E-state index contributed by atoms with van der Waals surface area (Å²) in [5.41, 5.74) is 1.95. The molecule has 1 aliphatic rings. The second-order valence-electron chi connectivity index (χ2n) is 5.41. The number of carbonyl (C=O) groups is 1. The van der Waals surface area contributed by atoms with Crippen LogP contribution in [0.25, 0.3) is 0 Å². The van der Waals surface area contributed by atoms with Gasteiger partial charge in [-0.25, -0.2) is 9.78 Å². The largest absolute Gasteiger partial charge is 0.478 e. The van der Waals surface area contributed by atoms with Gasteiger partial charge >= 0.3 is 5.97 Å². The monoisotopic (exact) mass is 284 g/mol. The Morgan fingerprint density at radius 1 is 1.29 bits per heavy atom. The molecule has 0 amide bonds. The van der Waals surface area contributed by atoms with E-state index in [-0.39, 0.29) is 11.1 Å². The number of hydrogen-bond acceptors (Lipinski definition) is 3. The summed E-state index contributed by atoms with van der Waals surface area (Å²) in [7, 11) is 0. The Bertz CT molecular complexity index is 715. The van der Waals surface area contributed by atoms with Crippen LogP contribution in [0.15, 0.2) is 41.5 Å². The number of rotatable bonds is 4. The molecule has 1 heterocycles. The SMILES string of the molecule is O=C(O)c1ccc(Cn2cnc(C3CCC3)cc2=O)cc1. The van der Waals surface area contributed by atoms with Crippen molar-refractivity contribution in [2.45, 2.75) is 31.7 Å². The third kappa shape index (κ3) is 2.86. The third-order valence-electron chi connectivity index (χ3n) is 3.98. The maximum Gasteiger partial charge on any atom is 0.335 e. The minimum absolute atomic E-state index is 0.0609. The van der Waals surface area contributed by atoms with Crippen molar-refractivity contribution in [2.24, 2.45) is 0 Å². The molecule has 0 unspecified atom stereocenters. The van der Waals surface area contributed by atoms with Gasteiger partial charge in [0.2, 0.25) is 0 Å². The lowest BCUT2D eigenvalue weighted by Gasteiger charge is -2.24. The van der Waals surface area contributed by atoms with Gasteiger partial charge in [0.15, 0.2) is 0 Å². The summed E-state index contributed by atoms with van der Waals surface area (Å²) in [4.78, 5) is 27.3. The predicted molar refractivity (Wildman–Crippen MR) is 77.6 cm³/mol. The molecule has 1 saturated carbocycles. The average Bonchev–Trinajstić information content (AvgIpc) is 2.40. The summed E-state index contributed by atoms with van der Waals surface area (Å²) in [6.07, 6.45) is 5.03. The zero-order chi connectivity index (χ0) is 14.8. The first kappa shape index (κ1) is 13.5. The van der Waals surface area contributed by atoms with E-state index in [0.29, 0.717) is 12.5 Å². The van der Waals surface area contributed by atoms with Crippen molar-refractivity contribution in [2.75, 3.05) is 0 Å². The summed E-state index contributed by atoms with van der Waals surface area (Å²) in [6, 6.07) is 8.14. The van der Waals surface area contributed by atoms with Crippen LogP contribution in [0.3, 0.4) is 0 Å². The molecule has 0 aliphatic heterocycles. The lowest BCUT2D eigenvalue weighted by Crippen LogP contribution is -2.23. The molecule has 21 heavy (non-hydrogen) atoms. The number of benzene rings is 1. The van der Waals surface area contributed by atoms with Gasteiger partial charge in [-0.2, -0.15) is 0 Å². The lowest BCUT2D eigenvalue weighted by molar-refractivity contribution is 0.0697. The van der Waals surface area contributed by atoms with E-state index in [1.54, 1.807) is 36.7 Å². The smallest absolute Gasteiger partial charge is 0.335 e. The molecule has 108 valence electrons. The Labute approximate surface area is 121 Å². The van der Waals surface area contributed by atoms with Crippen LogP contribution >= 0.6 is 0 Å². The molecule has 1 N–H and O–H groups in total. The topological polar surface area (TPSA) is 72.2 Å². The van der Waals surface area contributed by atoms with Gasteiger partial charge in [0.05, 0.1) is 24.1 Å². The van der Waals surface area contributed by atoms with Crippen LogP contribution in [-0.2, 0) is 6.54 Å². The molecular formula is C16H16N2O3. The fraction of sp³-hybridized carbons (Fsp3) is 0.312. The second kappa shape index (κ2) is 5.52. The van der Waals surface area contributed by atoms with Gasteiger partial charge in [-0.3, -0.25) is 9.36 Å². The number of aromatic carboxylic acids is 1. The van der Waals surface area contributed by atoms with Crippen molar-refractivity contribution in [1.29, 1.82) is 0 Å². The number of aromatic nitrogens is 2. The van der Waals surface area contributed by atoms with Crippen molar-refractivity contribution in [3.63, 3.8) is 0 Å². The first-order chi connectivity index (χ1) is 10.1. The second-order valence-corrected chi connectivity index (χ2v) is 5.41. The van der Waals surface area contributed by atoms with Gasteiger partial charge in [0.1, 0.15) is 0 Å². The average molecular weight is 284 g/mol. The minimum Gasteiger partial charge on any atom is -0.478 e. The van der Waals surface area contributed by atoms with E-state index in [0.717, 1.165) is 24.1 Å². The summed E-state index contributed by atoms with van der Waals surface area (Å²) >= 11 is 0. The maximum atomic E-state index is 12.1. The molecule has 0 saturated heterocycles. The van der Waals surface area contributed by atoms with Gasteiger partial charge in [-0.05, 0) is 30.5 Å². The van der Waals surface area contributed by atoms with Crippen LogP contribution in [0.4, 0.5) is 0 Å². The fourth-order valence-electron chi connectivity index (χ4n) is 2.44. The molecule has 5 heteroatoms. The predicted octanol–water partition coefficient (Wildman–Crippen LogP) is 2.26. The third-order valence-corrected chi connectivity index (χ3v) is 3.98. The molecule has 1 aromatic heterocycles. The zero-order valence-electron chi connectivity index (χ0n) is 11.5. The Kier molecular flexibility index (Phi) is 3.56. The number of hydrogen-bond donors (Lipinski definition) is 1. The fourth-order valence-corrected chi connectivity index (χ4v) is 2.44. The molecule has 2 aromatic rings. The van der Waals surface area contributed by atoms with Crippen molar-refractivity contribution in [3.8, 4) is 0 Å². The van der Waals surface area contributed by atoms with E-state index in [1.807, 2.05) is 0 Å². The first-order valence-electron chi connectivity index (χ1n) is 7.02. The number of carboxylic acid groups (broad SMARTS) is 1. The Balaban J connectivity index is 1.78. The Morgan fingerprint density at radius 2 is 2.00 bits per heavy atom. The van der Waals surface area contributed by atoms with Crippen LogP contribution in [-0.4, -0.2) is 20.6 Å². The standard InChI is InChI=1S/C16H16N2O3/c19-15-8-14(12-2-1-3-12)17-10-18(15)9-11-4-6-13(7-5-11)16(20)21/h4-8,10,12H,1-3,9H2,(H,20,21). The molecule has 0 bridgehead atoms. The first-order valence-corrected chi connectivity index (χ1v) is 7.02. The minimum atomic E-state index is -0.953. The number of nitrogens with zero attached hydrogens (tertiary/aromatic N) is 2. The normalized spacial score (nSPS) is 14.7. The van der Waals surface area contributed by atoms with Gasteiger partial charge < -0.3 is 5.11 Å². The van der Waals surface area contributed by atoms with Crippen LogP contribution in [0.5, 0.6) is 0 Å². The van der Waals surface area contributed by atoms with Gasteiger partial charge in [0, 0.05) is 12.0 Å². The van der Waals surface area contributed by atoms with Crippen LogP contribution in [0.2, 0.25) is 0 Å². The summed E-state index contributed by atoms with van der Waals surface area (Å²) in [5.74, 6) is -0.507. The molecule has 0 atom stereocenters. The molecule has 5 nitrogen and oxygen atoms in total. The van der Waals surface area contributed by atoms with Crippen molar-refractivity contribution in [3.05, 3.63) is 63.8 Å². The molecule has 1 fully saturated rings. The summed E-state index contributed by atoms with van der Waals surface area (Å²) in [5, 5.41) is 8.86. The highest BCUT2D eigenvalue weighted by Gasteiger charge is 2.21.